The van der Waals surface area contributed by atoms with Gasteiger partial charge in [0, 0.05) is 22.5 Å². The van der Waals surface area contributed by atoms with Crippen LogP contribution in [0.4, 0.5) is 8.78 Å². The molecular weight excluding hydrogens is 288 g/mol. The van der Waals surface area contributed by atoms with Gasteiger partial charge in [0.05, 0.1) is 0 Å². The summed E-state index contributed by atoms with van der Waals surface area (Å²) in [5, 5.41) is 5.58. The number of hydrogen-bond donors (Lipinski definition) is 1. The van der Waals surface area contributed by atoms with Crippen LogP contribution < -0.4 is 5.32 Å². The quantitative estimate of drug-likeness (QED) is 0.835. The third-order valence-electron chi connectivity index (χ3n) is 4.25. The van der Waals surface area contributed by atoms with Gasteiger partial charge >= 0.3 is 0 Å². The summed E-state index contributed by atoms with van der Waals surface area (Å²) >= 11 is 1.79. The molecule has 112 valence electrons. The van der Waals surface area contributed by atoms with E-state index < -0.39 is 0 Å². The van der Waals surface area contributed by atoms with E-state index in [0.717, 1.165) is 19.3 Å². The van der Waals surface area contributed by atoms with Gasteiger partial charge in [-0.3, -0.25) is 0 Å². The molecule has 0 radical (unpaired) electrons. The fourth-order valence-corrected chi connectivity index (χ4v) is 4.03. The first-order valence-corrected chi connectivity index (χ1v) is 8.22. The highest BCUT2D eigenvalue weighted by Crippen LogP contribution is 2.35. The standard InChI is InChI=1S/C17H19F2NS/c1-10-8-15(19)13(9-14(10)18)11(2)20-16-4-3-5-17-12(16)6-7-21-17/h6-9,11,16,20H,3-5H2,1-2H3. The highest BCUT2D eigenvalue weighted by molar-refractivity contribution is 7.10. The average molecular weight is 307 g/mol. The fourth-order valence-electron chi connectivity index (χ4n) is 3.04. The molecule has 1 heterocycles. The molecule has 1 N–H and O–H groups in total. The number of halogens is 2. The van der Waals surface area contributed by atoms with E-state index in [1.807, 2.05) is 6.92 Å². The van der Waals surface area contributed by atoms with E-state index in [1.165, 1.54) is 22.6 Å². The normalized spacial score (nSPS) is 19.3. The molecule has 0 aliphatic heterocycles. The number of rotatable bonds is 3. The van der Waals surface area contributed by atoms with E-state index in [4.69, 9.17) is 0 Å². The van der Waals surface area contributed by atoms with Crippen molar-refractivity contribution in [2.45, 2.75) is 45.2 Å². The summed E-state index contributed by atoms with van der Waals surface area (Å²) < 4.78 is 27.8. The topological polar surface area (TPSA) is 12.0 Å². The third-order valence-corrected chi connectivity index (χ3v) is 5.24. The molecule has 0 saturated carbocycles. The molecule has 1 nitrogen and oxygen atoms in total. The minimum atomic E-state index is -0.347. The first-order chi connectivity index (χ1) is 10.1. The lowest BCUT2D eigenvalue weighted by Gasteiger charge is -2.27. The zero-order valence-electron chi connectivity index (χ0n) is 12.2. The number of nitrogens with one attached hydrogen (secondary N) is 1. The number of fused-ring (bicyclic) bond motifs is 1. The predicted molar refractivity (Wildman–Crippen MR) is 82.6 cm³/mol. The lowest BCUT2D eigenvalue weighted by Crippen LogP contribution is -2.27. The minimum Gasteiger partial charge on any atom is -0.303 e. The van der Waals surface area contributed by atoms with E-state index in [2.05, 4.69) is 16.8 Å². The van der Waals surface area contributed by atoms with E-state index in [0.29, 0.717) is 11.1 Å². The predicted octanol–water partition coefficient (Wildman–Crippen LogP) is 5.06. The summed E-state index contributed by atoms with van der Waals surface area (Å²) in [6, 6.07) is 4.77. The Morgan fingerprint density at radius 3 is 2.90 bits per heavy atom. The Balaban J connectivity index is 1.82. The van der Waals surface area contributed by atoms with Crippen molar-refractivity contribution in [1.29, 1.82) is 0 Å². The number of hydrogen-bond acceptors (Lipinski definition) is 2. The molecule has 0 spiro atoms. The molecule has 2 aromatic rings. The van der Waals surface area contributed by atoms with E-state index in [-0.39, 0.29) is 23.7 Å². The zero-order valence-corrected chi connectivity index (χ0v) is 13.1. The van der Waals surface area contributed by atoms with Crippen LogP contribution in [0.3, 0.4) is 0 Å². The lowest BCUT2D eigenvalue weighted by atomic mass is 9.92. The van der Waals surface area contributed by atoms with Gasteiger partial charge in [-0.2, -0.15) is 0 Å². The van der Waals surface area contributed by atoms with Gasteiger partial charge in [0.2, 0.25) is 0 Å². The molecule has 1 aliphatic rings. The summed E-state index contributed by atoms with van der Waals surface area (Å²) in [5.41, 5.74) is 2.08. The highest BCUT2D eigenvalue weighted by atomic mass is 32.1. The van der Waals surface area contributed by atoms with Crippen LogP contribution in [-0.2, 0) is 6.42 Å². The first-order valence-electron chi connectivity index (χ1n) is 7.34. The second-order valence-corrected chi connectivity index (χ2v) is 6.76. The molecule has 4 heteroatoms. The molecule has 0 saturated heterocycles. The molecule has 21 heavy (non-hydrogen) atoms. The molecule has 2 unspecified atom stereocenters. The van der Waals surface area contributed by atoms with Crippen molar-refractivity contribution in [2.75, 3.05) is 0 Å². The van der Waals surface area contributed by atoms with Gasteiger partial charge in [0.25, 0.3) is 0 Å². The molecular formula is C17H19F2NS. The summed E-state index contributed by atoms with van der Waals surface area (Å²) in [7, 11) is 0. The molecule has 0 bridgehead atoms. The number of benzene rings is 1. The van der Waals surface area contributed by atoms with Gasteiger partial charge in [-0.1, -0.05) is 0 Å². The van der Waals surface area contributed by atoms with Gasteiger partial charge in [0.1, 0.15) is 11.6 Å². The summed E-state index contributed by atoms with van der Waals surface area (Å²) in [4.78, 5) is 1.42. The molecule has 0 fully saturated rings. The van der Waals surface area contributed by atoms with Crippen LogP contribution in [0.1, 0.15) is 53.4 Å². The van der Waals surface area contributed by atoms with Gasteiger partial charge < -0.3 is 5.32 Å². The SMILES string of the molecule is Cc1cc(F)c(C(C)NC2CCCc3sccc32)cc1F. The first kappa shape index (κ1) is 14.7. The summed E-state index contributed by atoms with van der Waals surface area (Å²) in [6.07, 6.45) is 3.32. The maximum atomic E-state index is 14.1. The van der Waals surface area contributed by atoms with Crippen molar-refractivity contribution in [3.63, 3.8) is 0 Å². The second kappa shape index (κ2) is 5.85. The van der Waals surface area contributed by atoms with Gasteiger partial charge in [-0.05, 0) is 67.8 Å². The van der Waals surface area contributed by atoms with Crippen LogP contribution in [0, 0.1) is 18.6 Å². The number of thiophene rings is 1. The van der Waals surface area contributed by atoms with Gasteiger partial charge in [-0.25, -0.2) is 8.78 Å². The molecule has 3 rings (SSSR count). The van der Waals surface area contributed by atoms with Crippen LogP contribution in [0.2, 0.25) is 0 Å². The molecule has 1 aliphatic carbocycles. The van der Waals surface area contributed by atoms with Crippen molar-refractivity contribution in [1.82, 2.24) is 5.32 Å². The van der Waals surface area contributed by atoms with Crippen molar-refractivity contribution in [3.05, 3.63) is 56.8 Å². The molecule has 1 aromatic carbocycles. The van der Waals surface area contributed by atoms with Crippen LogP contribution in [0.5, 0.6) is 0 Å². The van der Waals surface area contributed by atoms with Crippen molar-refractivity contribution in [3.8, 4) is 0 Å². The van der Waals surface area contributed by atoms with Gasteiger partial charge in [0.15, 0.2) is 0 Å². The van der Waals surface area contributed by atoms with Crippen LogP contribution in [0.25, 0.3) is 0 Å². The second-order valence-electron chi connectivity index (χ2n) is 5.76. The summed E-state index contributed by atoms with van der Waals surface area (Å²) in [6.45, 7) is 3.48. The summed E-state index contributed by atoms with van der Waals surface area (Å²) in [5.74, 6) is -0.685. The maximum absolute atomic E-state index is 14.1. The van der Waals surface area contributed by atoms with Crippen molar-refractivity contribution < 1.29 is 8.78 Å². The zero-order chi connectivity index (χ0) is 15.0. The van der Waals surface area contributed by atoms with Gasteiger partial charge in [-0.15, -0.1) is 11.3 Å². The van der Waals surface area contributed by atoms with Crippen LogP contribution >= 0.6 is 11.3 Å². The molecule has 2 atom stereocenters. The highest BCUT2D eigenvalue weighted by Gasteiger charge is 2.24. The van der Waals surface area contributed by atoms with E-state index >= 15 is 0 Å². The van der Waals surface area contributed by atoms with Crippen LogP contribution in [0.15, 0.2) is 23.6 Å². The Labute approximate surface area is 128 Å². The lowest BCUT2D eigenvalue weighted by molar-refractivity contribution is 0.408. The largest absolute Gasteiger partial charge is 0.303 e. The van der Waals surface area contributed by atoms with Crippen LogP contribution in [-0.4, -0.2) is 0 Å². The Morgan fingerprint density at radius 1 is 1.29 bits per heavy atom. The Kier molecular flexibility index (Phi) is 4.09. The smallest absolute Gasteiger partial charge is 0.128 e. The van der Waals surface area contributed by atoms with E-state index in [1.54, 1.807) is 18.3 Å². The maximum Gasteiger partial charge on any atom is 0.128 e. The Bertz CT molecular complexity index is 650. The Morgan fingerprint density at radius 2 is 2.10 bits per heavy atom. The number of aryl methyl sites for hydroxylation is 2. The third kappa shape index (κ3) is 2.87. The average Bonchev–Trinajstić information content (AvgIpc) is 2.92. The van der Waals surface area contributed by atoms with Crippen molar-refractivity contribution in [2.24, 2.45) is 0 Å². The molecule has 1 aromatic heterocycles. The van der Waals surface area contributed by atoms with E-state index in [9.17, 15) is 8.78 Å². The minimum absolute atomic E-state index is 0.212. The fraction of sp³-hybridized carbons (Fsp3) is 0.412. The monoisotopic (exact) mass is 307 g/mol. The Hall–Kier alpha value is -1.26. The molecule has 0 amide bonds. The van der Waals surface area contributed by atoms with Crippen molar-refractivity contribution >= 4 is 11.3 Å².